The van der Waals surface area contributed by atoms with E-state index in [4.69, 9.17) is 10.5 Å². The normalized spacial score (nSPS) is 17.3. The largest absolute Gasteiger partial charge is 0.379 e. The summed E-state index contributed by atoms with van der Waals surface area (Å²) in [5.74, 6) is 0.936. The van der Waals surface area contributed by atoms with Gasteiger partial charge in [0.25, 0.3) is 0 Å². The van der Waals surface area contributed by atoms with Crippen molar-refractivity contribution < 1.29 is 4.74 Å². The number of anilines is 3. The fraction of sp³-hybridized carbons (Fsp3) is 0.304. The van der Waals surface area contributed by atoms with Crippen molar-refractivity contribution in [2.75, 3.05) is 57.0 Å². The Morgan fingerprint density at radius 2 is 1.97 bits per heavy atom. The standard InChI is InChI=1S/C23H26BrN7O/c24-17-2-1-3-18(15-17)26-22-19-14-16(4-5-21(19)27-23(25)28-22)20-6-7-31(29-20)9-8-30-10-12-32-13-11-30/h1-6,14-15,29H,7-13H2,(H3,25,26,27,28). The van der Waals surface area contributed by atoms with E-state index in [1.807, 2.05) is 30.3 Å². The molecule has 0 radical (unpaired) electrons. The lowest BCUT2D eigenvalue weighted by atomic mass is 10.1. The molecule has 5 rings (SSSR count). The van der Waals surface area contributed by atoms with Gasteiger partial charge in [-0.05, 0) is 42.0 Å². The summed E-state index contributed by atoms with van der Waals surface area (Å²) in [6, 6.07) is 14.1. The van der Waals surface area contributed by atoms with Crippen LogP contribution in [0.5, 0.6) is 0 Å². The molecule has 32 heavy (non-hydrogen) atoms. The predicted octanol–water partition coefficient (Wildman–Crippen LogP) is 3.21. The summed E-state index contributed by atoms with van der Waals surface area (Å²) in [7, 11) is 0. The number of ether oxygens (including phenoxy) is 1. The van der Waals surface area contributed by atoms with E-state index < -0.39 is 0 Å². The van der Waals surface area contributed by atoms with Crippen LogP contribution in [0.25, 0.3) is 16.6 Å². The minimum absolute atomic E-state index is 0.246. The van der Waals surface area contributed by atoms with Crippen LogP contribution < -0.4 is 16.5 Å². The summed E-state index contributed by atoms with van der Waals surface area (Å²) in [5.41, 5.74) is 13.4. The van der Waals surface area contributed by atoms with Gasteiger partial charge in [0.2, 0.25) is 5.95 Å². The molecular formula is C23H26BrN7O. The second-order valence-electron chi connectivity index (χ2n) is 7.93. The number of fused-ring (bicyclic) bond motifs is 1. The molecule has 0 unspecified atom stereocenters. The SMILES string of the molecule is Nc1nc(Nc2cccc(Br)c2)c2cc(C3=CCN(CCN4CCOCC4)N3)ccc2n1. The maximum absolute atomic E-state index is 5.97. The fourth-order valence-corrected chi connectivity index (χ4v) is 4.39. The van der Waals surface area contributed by atoms with E-state index in [0.717, 1.165) is 78.3 Å². The zero-order valence-corrected chi connectivity index (χ0v) is 19.3. The zero-order valence-electron chi connectivity index (χ0n) is 17.7. The Kier molecular flexibility index (Phi) is 6.22. The lowest BCUT2D eigenvalue weighted by Crippen LogP contribution is -2.43. The Labute approximate surface area is 195 Å². The van der Waals surface area contributed by atoms with Gasteiger partial charge < -0.3 is 21.2 Å². The maximum atomic E-state index is 5.97. The van der Waals surface area contributed by atoms with Crippen molar-refractivity contribution in [3.05, 3.63) is 58.6 Å². The number of hydrogen-bond donors (Lipinski definition) is 3. The molecule has 2 aromatic carbocycles. The van der Waals surface area contributed by atoms with Gasteiger partial charge in [0.1, 0.15) is 5.82 Å². The highest BCUT2D eigenvalue weighted by Crippen LogP contribution is 2.29. The van der Waals surface area contributed by atoms with Crippen molar-refractivity contribution in [1.29, 1.82) is 0 Å². The molecule has 0 aliphatic carbocycles. The molecule has 1 saturated heterocycles. The number of halogens is 1. The Bertz CT molecular complexity index is 1150. The lowest BCUT2D eigenvalue weighted by Gasteiger charge is -2.28. The van der Waals surface area contributed by atoms with Gasteiger partial charge in [-0.25, -0.2) is 9.99 Å². The molecule has 8 nitrogen and oxygen atoms in total. The average Bonchev–Trinajstić information content (AvgIpc) is 3.27. The first-order chi connectivity index (χ1) is 15.6. The molecule has 3 heterocycles. The van der Waals surface area contributed by atoms with E-state index >= 15 is 0 Å². The van der Waals surface area contributed by atoms with Crippen molar-refractivity contribution in [1.82, 2.24) is 25.3 Å². The van der Waals surface area contributed by atoms with Crippen molar-refractivity contribution in [3.63, 3.8) is 0 Å². The predicted molar refractivity (Wildman–Crippen MR) is 131 cm³/mol. The van der Waals surface area contributed by atoms with Crippen LogP contribution in [0.3, 0.4) is 0 Å². The third-order valence-electron chi connectivity index (χ3n) is 5.70. The van der Waals surface area contributed by atoms with E-state index in [1.54, 1.807) is 0 Å². The number of morpholine rings is 1. The van der Waals surface area contributed by atoms with Gasteiger partial charge in [-0.1, -0.05) is 28.1 Å². The molecule has 3 aromatic rings. The van der Waals surface area contributed by atoms with E-state index in [9.17, 15) is 0 Å². The summed E-state index contributed by atoms with van der Waals surface area (Å²) in [6.07, 6.45) is 2.22. The van der Waals surface area contributed by atoms with Crippen molar-refractivity contribution in [2.24, 2.45) is 0 Å². The van der Waals surface area contributed by atoms with Crippen LogP contribution in [-0.2, 0) is 4.74 Å². The van der Waals surface area contributed by atoms with Gasteiger partial charge in [0.15, 0.2) is 0 Å². The number of rotatable bonds is 6. The highest BCUT2D eigenvalue weighted by molar-refractivity contribution is 9.10. The number of benzene rings is 2. The summed E-state index contributed by atoms with van der Waals surface area (Å²) in [4.78, 5) is 11.3. The highest BCUT2D eigenvalue weighted by Gasteiger charge is 2.18. The van der Waals surface area contributed by atoms with Gasteiger partial charge in [0.05, 0.1) is 24.4 Å². The van der Waals surface area contributed by atoms with Crippen LogP contribution in [0, 0.1) is 0 Å². The smallest absolute Gasteiger partial charge is 0.222 e. The molecule has 0 bridgehead atoms. The minimum Gasteiger partial charge on any atom is -0.379 e. The first kappa shape index (κ1) is 21.1. The molecule has 0 amide bonds. The number of nitrogens with one attached hydrogen (secondary N) is 2. The number of nitrogen functional groups attached to an aromatic ring is 1. The van der Waals surface area contributed by atoms with Gasteiger partial charge in [-0.3, -0.25) is 4.90 Å². The molecule has 0 saturated carbocycles. The summed E-state index contributed by atoms with van der Waals surface area (Å²) >= 11 is 3.51. The minimum atomic E-state index is 0.246. The van der Waals surface area contributed by atoms with E-state index in [0.29, 0.717) is 5.82 Å². The van der Waals surface area contributed by atoms with E-state index in [-0.39, 0.29) is 5.95 Å². The first-order valence-electron chi connectivity index (χ1n) is 10.8. The molecule has 2 aliphatic rings. The van der Waals surface area contributed by atoms with Gasteiger partial charge >= 0.3 is 0 Å². The topological polar surface area (TPSA) is 91.6 Å². The second-order valence-corrected chi connectivity index (χ2v) is 8.84. The van der Waals surface area contributed by atoms with E-state index in [2.05, 4.69) is 64.8 Å². The molecule has 2 aliphatic heterocycles. The molecule has 1 aromatic heterocycles. The fourth-order valence-electron chi connectivity index (χ4n) is 3.99. The summed E-state index contributed by atoms with van der Waals surface area (Å²) < 4.78 is 6.43. The number of aromatic nitrogens is 2. The Hall–Kier alpha value is -2.72. The number of nitrogens with two attached hydrogens (primary N) is 1. The van der Waals surface area contributed by atoms with E-state index in [1.165, 1.54) is 0 Å². The average molecular weight is 496 g/mol. The van der Waals surface area contributed by atoms with Crippen LogP contribution in [0.2, 0.25) is 0 Å². The van der Waals surface area contributed by atoms with Crippen LogP contribution >= 0.6 is 15.9 Å². The molecule has 4 N–H and O–H groups in total. The quantitative estimate of drug-likeness (QED) is 0.480. The second kappa shape index (κ2) is 9.41. The molecule has 1 fully saturated rings. The van der Waals surface area contributed by atoms with Crippen molar-refractivity contribution in [2.45, 2.75) is 0 Å². The first-order valence-corrected chi connectivity index (χ1v) is 11.6. The van der Waals surface area contributed by atoms with Crippen molar-refractivity contribution >= 4 is 50.0 Å². The van der Waals surface area contributed by atoms with Crippen LogP contribution in [0.1, 0.15) is 5.56 Å². The lowest BCUT2D eigenvalue weighted by molar-refractivity contribution is 0.0328. The maximum Gasteiger partial charge on any atom is 0.222 e. The van der Waals surface area contributed by atoms with Crippen LogP contribution in [0.15, 0.2) is 53.0 Å². The van der Waals surface area contributed by atoms with Crippen LogP contribution in [-0.4, -0.2) is 65.8 Å². The number of hydrazine groups is 1. The van der Waals surface area contributed by atoms with Crippen LogP contribution in [0.4, 0.5) is 17.5 Å². The molecule has 0 atom stereocenters. The summed E-state index contributed by atoms with van der Waals surface area (Å²) in [5, 5.41) is 6.55. The molecule has 9 heteroatoms. The highest BCUT2D eigenvalue weighted by atomic mass is 79.9. The number of hydrogen-bond acceptors (Lipinski definition) is 8. The molecular weight excluding hydrogens is 470 g/mol. The van der Waals surface area contributed by atoms with Gasteiger partial charge in [-0.2, -0.15) is 4.98 Å². The Balaban J connectivity index is 1.33. The molecule has 0 spiro atoms. The monoisotopic (exact) mass is 495 g/mol. The van der Waals surface area contributed by atoms with Crippen molar-refractivity contribution in [3.8, 4) is 0 Å². The Morgan fingerprint density at radius 3 is 2.81 bits per heavy atom. The Morgan fingerprint density at radius 1 is 1.09 bits per heavy atom. The number of nitrogens with zero attached hydrogens (tertiary/aromatic N) is 4. The zero-order chi connectivity index (χ0) is 21.9. The third kappa shape index (κ3) is 4.86. The van der Waals surface area contributed by atoms with Gasteiger partial charge in [-0.15, -0.1) is 0 Å². The summed E-state index contributed by atoms with van der Waals surface area (Å²) in [6.45, 7) is 6.55. The molecule has 166 valence electrons. The van der Waals surface area contributed by atoms with Gasteiger partial charge in [0, 0.05) is 48.3 Å². The third-order valence-corrected chi connectivity index (χ3v) is 6.19.